The average Bonchev–Trinajstić information content (AvgIpc) is 3.10. The zero-order valence-electron chi connectivity index (χ0n) is 9.83. The summed E-state index contributed by atoms with van der Waals surface area (Å²) in [5, 5.41) is 3.30. The predicted octanol–water partition coefficient (Wildman–Crippen LogP) is 2.66. The third-order valence-corrected chi connectivity index (χ3v) is 2.60. The van der Waals surface area contributed by atoms with Gasteiger partial charge in [-0.25, -0.2) is 0 Å². The molecule has 0 bridgehead atoms. The number of alkyl halides is 3. The van der Waals surface area contributed by atoms with Crippen LogP contribution in [0.15, 0.2) is 18.3 Å². The van der Waals surface area contributed by atoms with Gasteiger partial charge in [0, 0.05) is 12.6 Å². The van der Waals surface area contributed by atoms with Gasteiger partial charge in [-0.15, -0.1) is 0 Å². The van der Waals surface area contributed by atoms with Gasteiger partial charge in [-0.1, -0.05) is 0 Å². The predicted molar refractivity (Wildman–Crippen MR) is 60.3 cm³/mol. The fourth-order valence-electron chi connectivity index (χ4n) is 1.42. The van der Waals surface area contributed by atoms with Crippen LogP contribution in [0, 0.1) is 0 Å². The molecule has 2 rings (SSSR count). The largest absolute Gasteiger partial charge is 0.492 e. The van der Waals surface area contributed by atoms with Crippen molar-refractivity contribution < 1.29 is 17.9 Å². The minimum Gasteiger partial charge on any atom is -0.492 e. The molecule has 1 fully saturated rings. The molecule has 6 heteroatoms. The van der Waals surface area contributed by atoms with Crippen LogP contribution in [0.1, 0.15) is 25.0 Å². The second-order valence-corrected chi connectivity index (χ2v) is 4.35. The topological polar surface area (TPSA) is 34.1 Å². The molecule has 1 aromatic rings. The molecular formula is C12H15F3N2O. The number of nitrogens with one attached hydrogen (secondary N) is 1. The lowest BCUT2D eigenvalue weighted by Gasteiger charge is -2.09. The van der Waals surface area contributed by atoms with Crippen LogP contribution in [0.3, 0.4) is 0 Å². The molecule has 0 atom stereocenters. The van der Waals surface area contributed by atoms with E-state index in [2.05, 4.69) is 10.3 Å². The molecular weight excluding hydrogens is 245 g/mol. The van der Waals surface area contributed by atoms with Gasteiger partial charge in [0.15, 0.2) is 0 Å². The average molecular weight is 260 g/mol. The Labute approximate surface area is 103 Å². The highest BCUT2D eigenvalue weighted by Gasteiger charge is 2.26. The van der Waals surface area contributed by atoms with E-state index in [1.54, 1.807) is 12.1 Å². The van der Waals surface area contributed by atoms with Crippen LogP contribution in [-0.4, -0.2) is 23.8 Å². The fraction of sp³-hybridized carbons (Fsp3) is 0.583. The minimum atomic E-state index is -4.18. The zero-order valence-corrected chi connectivity index (χ0v) is 9.83. The molecule has 1 aromatic heterocycles. The Morgan fingerprint density at radius 3 is 2.67 bits per heavy atom. The summed E-state index contributed by atoms with van der Waals surface area (Å²) in [6, 6.07) is 4.01. The van der Waals surface area contributed by atoms with Crippen LogP contribution in [0.4, 0.5) is 13.2 Å². The Balaban J connectivity index is 1.72. The summed E-state index contributed by atoms with van der Waals surface area (Å²) in [5.74, 6) is 0.370. The Morgan fingerprint density at radius 1 is 1.33 bits per heavy atom. The van der Waals surface area contributed by atoms with Crippen LogP contribution in [0.2, 0.25) is 0 Å². The monoisotopic (exact) mass is 260 g/mol. The Kier molecular flexibility index (Phi) is 4.06. The van der Waals surface area contributed by atoms with Gasteiger partial charge in [-0.3, -0.25) is 4.98 Å². The van der Waals surface area contributed by atoms with E-state index in [1.165, 1.54) is 19.0 Å². The van der Waals surface area contributed by atoms with E-state index in [1.807, 2.05) is 0 Å². The molecule has 0 saturated heterocycles. The molecule has 0 amide bonds. The van der Waals surface area contributed by atoms with Crippen LogP contribution in [0.25, 0.3) is 0 Å². The van der Waals surface area contributed by atoms with Gasteiger partial charge >= 0.3 is 6.18 Å². The van der Waals surface area contributed by atoms with E-state index in [-0.39, 0.29) is 6.61 Å². The standard InChI is InChI=1S/C12H15F3N2O/c13-12(14,15)5-6-18-11-4-3-10(17-8-11)7-16-9-1-2-9/h3-4,8-9,16H,1-2,5-7H2. The third-order valence-electron chi connectivity index (χ3n) is 2.60. The summed E-state index contributed by atoms with van der Waals surface area (Å²) >= 11 is 0. The van der Waals surface area contributed by atoms with Crippen molar-refractivity contribution in [1.82, 2.24) is 10.3 Å². The van der Waals surface area contributed by atoms with Crippen LogP contribution >= 0.6 is 0 Å². The maximum absolute atomic E-state index is 11.9. The number of nitrogens with zero attached hydrogens (tertiary/aromatic N) is 1. The molecule has 0 radical (unpaired) electrons. The van der Waals surface area contributed by atoms with E-state index in [0.29, 0.717) is 18.3 Å². The van der Waals surface area contributed by atoms with Crippen LogP contribution in [-0.2, 0) is 6.54 Å². The molecule has 1 N–H and O–H groups in total. The number of ether oxygens (including phenoxy) is 1. The van der Waals surface area contributed by atoms with Crippen molar-refractivity contribution in [3.63, 3.8) is 0 Å². The highest BCUT2D eigenvalue weighted by Crippen LogP contribution is 2.21. The lowest BCUT2D eigenvalue weighted by molar-refractivity contribution is -0.139. The molecule has 100 valence electrons. The van der Waals surface area contributed by atoms with Gasteiger partial charge in [0.25, 0.3) is 0 Å². The van der Waals surface area contributed by atoms with Crippen molar-refractivity contribution in [2.75, 3.05) is 6.61 Å². The fourth-order valence-corrected chi connectivity index (χ4v) is 1.42. The van der Waals surface area contributed by atoms with E-state index in [9.17, 15) is 13.2 Å². The first kappa shape index (κ1) is 13.1. The number of hydrogen-bond donors (Lipinski definition) is 1. The SMILES string of the molecule is FC(F)(F)CCOc1ccc(CNC2CC2)nc1. The second-order valence-electron chi connectivity index (χ2n) is 4.35. The van der Waals surface area contributed by atoms with E-state index in [0.717, 1.165) is 5.69 Å². The molecule has 1 saturated carbocycles. The Hall–Kier alpha value is -1.30. The highest BCUT2D eigenvalue weighted by molar-refractivity contribution is 5.19. The van der Waals surface area contributed by atoms with E-state index >= 15 is 0 Å². The number of halogens is 3. The molecule has 1 aliphatic rings. The summed E-state index contributed by atoms with van der Waals surface area (Å²) in [4.78, 5) is 4.12. The quantitative estimate of drug-likeness (QED) is 0.853. The van der Waals surface area contributed by atoms with Gasteiger partial charge < -0.3 is 10.1 Å². The normalized spacial score (nSPS) is 15.7. The van der Waals surface area contributed by atoms with Gasteiger partial charge in [-0.2, -0.15) is 13.2 Å². The van der Waals surface area contributed by atoms with Crippen molar-refractivity contribution in [2.45, 2.75) is 38.0 Å². The Bertz CT molecular complexity index is 374. The van der Waals surface area contributed by atoms with Gasteiger partial charge in [-0.05, 0) is 25.0 Å². The second kappa shape index (κ2) is 5.56. The number of hydrogen-bond acceptors (Lipinski definition) is 3. The third kappa shape index (κ3) is 4.91. The maximum Gasteiger partial charge on any atom is 0.392 e. The molecule has 18 heavy (non-hydrogen) atoms. The first-order valence-electron chi connectivity index (χ1n) is 5.91. The van der Waals surface area contributed by atoms with E-state index < -0.39 is 12.6 Å². The molecule has 0 aliphatic heterocycles. The lowest BCUT2D eigenvalue weighted by Crippen LogP contribution is -2.16. The van der Waals surface area contributed by atoms with Gasteiger partial charge in [0.2, 0.25) is 0 Å². The number of aromatic nitrogens is 1. The van der Waals surface area contributed by atoms with E-state index in [4.69, 9.17) is 4.74 Å². The molecule has 0 unspecified atom stereocenters. The minimum absolute atomic E-state index is 0.370. The first-order chi connectivity index (χ1) is 8.53. The van der Waals surface area contributed by atoms with Crippen LogP contribution in [0.5, 0.6) is 5.75 Å². The summed E-state index contributed by atoms with van der Waals surface area (Å²) in [6.45, 7) is 0.318. The van der Waals surface area contributed by atoms with Crippen LogP contribution < -0.4 is 10.1 Å². The summed E-state index contributed by atoms with van der Waals surface area (Å²) in [7, 11) is 0. The summed E-state index contributed by atoms with van der Waals surface area (Å²) in [5.41, 5.74) is 0.866. The van der Waals surface area contributed by atoms with Crippen molar-refractivity contribution in [2.24, 2.45) is 0 Å². The van der Waals surface area contributed by atoms with Gasteiger partial charge in [0.05, 0.1) is 24.9 Å². The first-order valence-corrected chi connectivity index (χ1v) is 5.91. The van der Waals surface area contributed by atoms with Crippen molar-refractivity contribution >= 4 is 0 Å². The molecule has 0 aromatic carbocycles. The summed E-state index contributed by atoms with van der Waals surface area (Å²) < 4.78 is 40.7. The highest BCUT2D eigenvalue weighted by atomic mass is 19.4. The van der Waals surface area contributed by atoms with Crippen molar-refractivity contribution in [3.05, 3.63) is 24.0 Å². The lowest BCUT2D eigenvalue weighted by atomic mass is 10.3. The molecule has 1 aliphatic carbocycles. The molecule has 0 spiro atoms. The van der Waals surface area contributed by atoms with Crippen molar-refractivity contribution in [1.29, 1.82) is 0 Å². The number of rotatable bonds is 6. The van der Waals surface area contributed by atoms with Gasteiger partial charge in [0.1, 0.15) is 5.75 Å². The maximum atomic E-state index is 11.9. The number of pyridine rings is 1. The smallest absolute Gasteiger partial charge is 0.392 e. The summed E-state index contributed by atoms with van der Waals surface area (Å²) in [6.07, 6.45) is -1.25. The molecule has 3 nitrogen and oxygen atoms in total. The Morgan fingerprint density at radius 2 is 2.11 bits per heavy atom. The zero-order chi connectivity index (χ0) is 13.0. The molecule has 1 heterocycles. The van der Waals surface area contributed by atoms with Crippen molar-refractivity contribution in [3.8, 4) is 5.75 Å².